The highest BCUT2D eigenvalue weighted by molar-refractivity contribution is 5.26. The second-order valence-electron chi connectivity index (χ2n) is 4.65. The molecule has 0 bridgehead atoms. The van der Waals surface area contributed by atoms with E-state index in [0.29, 0.717) is 0 Å². The molecule has 0 radical (unpaired) electrons. The van der Waals surface area contributed by atoms with Gasteiger partial charge in [0, 0.05) is 5.41 Å². The topological polar surface area (TPSA) is 26.0 Å². The van der Waals surface area contributed by atoms with E-state index < -0.39 is 0 Å². The van der Waals surface area contributed by atoms with Crippen molar-refractivity contribution in [1.82, 2.24) is 0 Å². The van der Waals surface area contributed by atoms with Crippen LogP contribution in [-0.2, 0) is 0 Å². The average molecular weight is 177 g/mol. The van der Waals surface area contributed by atoms with E-state index in [9.17, 15) is 0 Å². The number of rotatable bonds is 1. The SMILES string of the molecule is C#CC(C)(C)C1(N)C=C(C)CCC1. The normalized spacial score (nSPS) is 29.3. The maximum atomic E-state index is 6.32. The molecule has 1 aliphatic carbocycles. The number of nitrogens with two attached hydrogens (primary N) is 1. The van der Waals surface area contributed by atoms with Crippen LogP contribution in [0.3, 0.4) is 0 Å². The average Bonchev–Trinajstić information content (AvgIpc) is 2.03. The Bertz CT molecular complexity index is 267. The minimum Gasteiger partial charge on any atom is -0.321 e. The van der Waals surface area contributed by atoms with E-state index >= 15 is 0 Å². The van der Waals surface area contributed by atoms with Crippen LogP contribution >= 0.6 is 0 Å². The number of allylic oxidation sites excluding steroid dienone is 1. The summed E-state index contributed by atoms with van der Waals surface area (Å²) in [6, 6.07) is 0. The molecule has 0 aromatic rings. The Balaban J connectivity index is 3.01. The first-order chi connectivity index (χ1) is 5.91. The third kappa shape index (κ3) is 1.78. The maximum absolute atomic E-state index is 6.32. The molecule has 0 aromatic heterocycles. The van der Waals surface area contributed by atoms with Crippen molar-refractivity contribution in [2.75, 3.05) is 0 Å². The summed E-state index contributed by atoms with van der Waals surface area (Å²) in [5.41, 5.74) is 7.15. The first kappa shape index (κ1) is 10.3. The maximum Gasteiger partial charge on any atom is 0.0504 e. The van der Waals surface area contributed by atoms with Crippen molar-refractivity contribution in [3.8, 4) is 12.3 Å². The Morgan fingerprint density at radius 3 is 2.69 bits per heavy atom. The highest BCUT2D eigenvalue weighted by Gasteiger charge is 2.39. The molecule has 2 N–H and O–H groups in total. The van der Waals surface area contributed by atoms with Gasteiger partial charge in [0.1, 0.15) is 0 Å². The second kappa shape index (κ2) is 3.20. The van der Waals surface area contributed by atoms with Gasteiger partial charge in [0.15, 0.2) is 0 Å². The molecule has 1 aliphatic rings. The lowest BCUT2D eigenvalue weighted by atomic mass is 9.67. The zero-order valence-electron chi connectivity index (χ0n) is 8.85. The second-order valence-corrected chi connectivity index (χ2v) is 4.65. The highest BCUT2D eigenvalue weighted by atomic mass is 14.8. The van der Waals surface area contributed by atoms with Crippen LogP contribution in [-0.4, -0.2) is 5.54 Å². The Kier molecular flexibility index (Phi) is 2.54. The van der Waals surface area contributed by atoms with E-state index in [0.717, 1.165) is 12.8 Å². The molecule has 0 heterocycles. The number of hydrogen-bond donors (Lipinski definition) is 1. The molecule has 0 saturated heterocycles. The molecule has 1 heteroatoms. The predicted molar refractivity (Wildman–Crippen MR) is 57.1 cm³/mol. The van der Waals surface area contributed by atoms with Crippen molar-refractivity contribution >= 4 is 0 Å². The van der Waals surface area contributed by atoms with Gasteiger partial charge < -0.3 is 5.73 Å². The van der Waals surface area contributed by atoms with Crippen molar-refractivity contribution in [3.63, 3.8) is 0 Å². The molecule has 0 saturated carbocycles. The fraction of sp³-hybridized carbons (Fsp3) is 0.667. The van der Waals surface area contributed by atoms with Crippen molar-refractivity contribution in [2.24, 2.45) is 11.1 Å². The lowest BCUT2D eigenvalue weighted by Crippen LogP contribution is -2.51. The fourth-order valence-corrected chi connectivity index (χ4v) is 1.87. The van der Waals surface area contributed by atoms with E-state index in [1.54, 1.807) is 0 Å². The summed E-state index contributed by atoms with van der Waals surface area (Å²) in [7, 11) is 0. The first-order valence-electron chi connectivity index (χ1n) is 4.86. The number of hydrogen-bond acceptors (Lipinski definition) is 1. The van der Waals surface area contributed by atoms with E-state index in [1.165, 1.54) is 12.0 Å². The molecule has 0 fully saturated rings. The largest absolute Gasteiger partial charge is 0.321 e. The van der Waals surface area contributed by atoms with Crippen LogP contribution in [0.1, 0.15) is 40.0 Å². The molecule has 1 unspecified atom stereocenters. The minimum atomic E-state index is -0.302. The molecule has 0 amide bonds. The lowest BCUT2D eigenvalue weighted by molar-refractivity contribution is 0.263. The van der Waals surface area contributed by atoms with Gasteiger partial charge in [-0.2, -0.15) is 0 Å². The molecule has 1 nitrogen and oxygen atoms in total. The molecular weight excluding hydrogens is 158 g/mol. The zero-order chi connectivity index (χ0) is 10.1. The highest BCUT2D eigenvalue weighted by Crippen LogP contribution is 2.37. The Morgan fingerprint density at radius 2 is 2.23 bits per heavy atom. The standard InChI is InChI=1S/C12H19N/c1-5-11(3,4)12(13)8-6-7-10(2)9-12/h1,9H,6-8,13H2,2-4H3. The smallest absolute Gasteiger partial charge is 0.0504 e. The van der Waals surface area contributed by atoms with Crippen molar-refractivity contribution in [1.29, 1.82) is 0 Å². The summed E-state index contributed by atoms with van der Waals surface area (Å²) in [6.07, 6.45) is 11.0. The van der Waals surface area contributed by atoms with Gasteiger partial charge in [-0.3, -0.25) is 0 Å². The van der Waals surface area contributed by atoms with Crippen LogP contribution in [0, 0.1) is 17.8 Å². The van der Waals surface area contributed by atoms with E-state index in [1.807, 2.05) is 13.8 Å². The predicted octanol–water partition coefficient (Wildman–Crippen LogP) is 2.47. The fourth-order valence-electron chi connectivity index (χ4n) is 1.87. The van der Waals surface area contributed by atoms with Crippen LogP contribution in [0.25, 0.3) is 0 Å². The van der Waals surface area contributed by atoms with E-state index in [4.69, 9.17) is 12.2 Å². The molecule has 13 heavy (non-hydrogen) atoms. The Labute approximate surface area is 81.4 Å². The van der Waals surface area contributed by atoms with E-state index in [2.05, 4.69) is 18.9 Å². The third-order valence-electron chi connectivity index (χ3n) is 3.19. The molecule has 0 aromatic carbocycles. The van der Waals surface area contributed by atoms with E-state index in [-0.39, 0.29) is 11.0 Å². The molecule has 0 aliphatic heterocycles. The van der Waals surface area contributed by atoms with Gasteiger partial charge in [-0.05, 0) is 40.0 Å². The Morgan fingerprint density at radius 1 is 1.62 bits per heavy atom. The molecule has 1 atom stereocenters. The van der Waals surface area contributed by atoms with Crippen LogP contribution in [0.5, 0.6) is 0 Å². The zero-order valence-corrected chi connectivity index (χ0v) is 8.85. The monoisotopic (exact) mass is 177 g/mol. The quantitative estimate of drug-likeness (QED) is 0.483. The summed E-state index contributed by atoms with van der Waals surface area (Å²) >= 11 is 0. The van der Waals surface area contributed by atoms with Crippen LogP contribution in [0.15, 0.2) is 11.6 Å². The Hall–Kier alpha value is -0.740. The van der Waals surface area contributed by atoms with Gasteiger partial charge in [-0.25, -0.2) is 0 Å². The summed E-state index contributed by atoms with van der Waals surface area (Å²) in [5, 5.41) is 0. The third-order valence-corrected chi connectivity index (χ3v) is 3.19. The van der Waals surface area contributed by atoms with Crippen LogP contribution in [0.4, 0.5) is 0 Å². The lowest BCUT2D eigenvalue weighted by Gasteiger charge is -2.41. The minimum absolute atomic E-state index is 0.241. The van der Waals surface area contributed by atoms with Crippen LogP contribution < -0.4 is 5.73 Å². The van der Waals surface area contributed by atoms with Crippen LogP contribution in [0.2, 0.25) is 0 Å². The molecule has 0 spiro atoms. The summed E-state index contributed by atoms with van der Waals surface area (Å²) < 4.78 is 0. The van der Waals surface area contributed by atoms with Gasteiger partial charge in [-0.1, -0.05) is 17.6 Å². The summed E-state index contributed by atoms with van der Waals surface area (Å²) in [6.45, 7) is 6.22. The number of terminal acetylenes is 1. The van der Waals surface area contributed by atoms with Crippen molar-refractivity contribution < 1.29 is 0 Å². The van der Waals surface area contributed by atoms with Crippen molar-refractivity contribution in [2.45, 2.75) is 45.6 Å². The summed E-state index contributed by atoms with van der Waals surface area (Å²) in [5.74, 6) is 2.80. The molecular formula is C12H19N. The first-order valence-corrected chi connectivity index (χ1v) is 4.86. The molecule has 72 valence electrons. The van der Waals surface area contributed by atoms with Crippen molar-refractivity contribution in [3.05, 3.63) is 11.6 Å². The molecule has 1 rings (SSSR count). The van der Waals surface area contributed by atoms with Gasteiger partial charge in [-0.15, -0.1) is 6.42 Å². The van der Waals surface area contributed by atoms with Gasteiger partial charge >= 0.3 is 0 Å². The van der Waals surface area contributed by atoms with Gasteiger partial charge in [0.05, 0.1) is 5.54 Å². The van der Waals surface area contributed by atoms with Gasteiger partial charge in [0.2, 0.25) is 0 Å². The van der Waals surface area contributed by atoms with Gasteiger partial charge in [0.25, 0.3) is 0 Å². The summed E-state index contributed by atoms with van der Waals surface area (Å²) in [4.78, 5) is 0.